The first-order chi connectivity index (χ1) is 14.9. The molecule has 7 heteroatoms. The van der Waals surface area contributed by atoms with Gasteiger partial charge in [0.1, 0.15) is 6.04 Å². The first-order valence-electron chi connectivity index (χ1n) is 10.6. The lowest BCUT2D eigenvalue weighted by molar-refractivity contribution is -0.129. The average Bonchev–Trinajstić information content (AvgIpc) is 3.55. The van der Waals surface area contributed by atoms with E-state index < -0.39 is 6.04 Å². The Hall–Kier alpha value is -3.19. The molecular formula is C24H28N4O3. The quantitative estimate of drug-likeness (QED) is 0.683. The highest BCUT2D eigenvalue weighted by atomic mass is 16.2. The van der Waals surface area contributed by atoms with Gasteiger partial charge in [0.2, 0.25) is 11.8 Å². The third-order valence-electron chi connectivity index (χ3n) is 5.62. The van der Waals surface area contributed by atoms with Crippen LogP contribution in [-0.2, 0) is 22.7 Å². The van der Waals surface area contributed by atoms with E-state index in [4.69, 9.17) is 0 Å². The maximum atomic E-state index is 12.9. The molecule has 1 atom stereocenters. The highest BCUT2D eigenvalue weighted by Crippen LogP contribution is 2.41. The summed E-state index contributed by atoms with van der Waals surface area (Å²) >= 11 is 0. The van der Waals surface area contributed by atoms with Gasteiger partial charge in [0.05, 0.1) is 6.54 Å². The number of nitrogens with zero attached hydrogens (tertiary/aromatic N) is 2. The van der Waals surface area contributed by atoms with E-state index in [-0.39, 0.29) is 30.3 Å². The van der Waals surface area contributed by atoms with Crippen molar-refractivity contribution in [2.75, 3.05) is 20.6 Å². The fraction of sp³-hybridized carbons (Fsp3) is 0.375. The summed E-state index contributed by atoms with van der Waals surface area (Å²) in [5.74, 6) is -0.671. The molecule has 31 heavy (non-hydrogen) atoms. The molecule has 1 heterocycles. The fourth-order valence-electron chi connectivity index (χ4n) is 3.99. The molecule has 0 bridgehead atoms. The Labute approximate surface area is 182 Å². The second-order valence-corrected chi connectivity index (χ2v) is 8.48. The van der Waals surface area contributed by atoms with E-state index in [9.17, 15) is 14.4 Å². The molecule has 162 valence electrons. The number of fused-ring (bicyclic) bond motifs is 1. The van der Waals surface area contributed by atoms with Crippen molar-refractivity contribution in [1.82, 2.24) is 20.4 Å². The fourth-order valence-corrected chi connectivity index (χ4v) is 3.99. The van der Waals surface area contributed by atoms with Crippen LogP contribution in [-0.4, -0.2) is 54.2 Å². The normalized spacial score (nSPS) is 17.6. The lowest BCUT2D eigenvalue weighted by Gasteiger charge is -2.24. The Bertz CT molecular complexity index is 983. The lowest BCUT2D eigenvalue weighted by Crippen LogP contribution is -2.43. The summed E-state index contributed by atoms with van der Waals surface area (Å²) in [6.07, 6.45) is 1.83. The molecule has 0 saturated heterocycles. The zero-order valence-corrected chi connectivity index (χ0v) is 17.9. The summed E-state index contributed by atoms with van der Waals surface area (Å²) < 4.78 is 0. The van der Waals surface area contributed by atoms with Crippen molar-refractivity contribution in [2.45, 2.75) is 38.0 Å². The minimum absolute atomic E-state index is 0.0968. The van der Waals surface area contributed by atoms with Gasteiger partial charge in [-0.25, -0.2) is 0 Å². The van der Waals surface area contributed by atoms with Gasteiger partial charge in [-0.3, -0.25) is 14.4 Å². The molecular weight excluding hydrogens is 392 g/mol. The van der Waals surface area contributed by atoms with Crippen molar-refractivity contribution in [3.8, 4) is 0 Å². The highest BCUT2D eigenvalue weighted by Gasteiger charge is 2.47. The summed E-state index contributed by atoms with van der Waals surface area (Å²) in [6, 6.07) is 14.7. The van der Waals surface area contributed by atoms with Crippen LogP contribution >= 0.6 is 0 Å². The Kier molecular flexibility index (Phi) is 6.04. The van der Waals surface area contributed by atoms with Gasteiger partial charge in [-0.1, -0.05) is 42.5 Å². The number of carbonyl (C=O) groups excluding carboxylic acids is 3. The molecule has 2 N–H and O–H groups in total. The molecule has 1 unspecified atom stereocenters. The molecule has 7 nitrogen and oxygen atoms in total. The minimum Gasteiger partial charge on any atom is -0.350 e. The Balaban J connectivity index is 1.31. The van der Waals surface area contributed by atoms with Crippen LogP contribution in [0.5, 0.6) is 0 Å². The molecule has 1 aliphatic carbocycles. The summed E-state index contributed by atoms with van der Waals surface area (Å²) in [4.78, 5) is 41.7. The second kappa shape index (κ2) is 8.89. The summed E-state index contributed by atoms with van der Waals surface area (Å²) in [5, 5.41) is 5.55. The van der Waals surface area contributed by atoms with Crippen molar-refractivity contribution < 1.29 is 14.4 Å². The molecule has 0 aromatic heterocycles. The second-order valence-electron chi connectivity index (χ2n) is 8.48. The zero-order chi connectivity index (χ0) is 22.0. The van der Waals surface area contributed by atoms with Crippen LogP contribution in [0.2, 0.25) is 0 Å². The highest BCUT2D eigenvalue weighted by molar-refractivity contribution is 6.05. The topological polar surface area (TPSA) is 81.8 Å². The molecule has 2 aromatic rings. The number of nitrogens with one attached hydrogen (secondary N) is 2. The van der Waals surface area contributed by atoms with Crippen molar-refractivity contribution in [2.24, 2.45) is 0 Å². The van der Waals surface area contributed by atoms with Crippen LogP contribution in [0.15, 0.2) is 48.5 Å². The number of rotatable bonds is 8. The first-order valence-corrected chi connectivity index (χ1v) is 10.6. The molecule has 3 amide bonds. The van der Waals surface area contributed by atoms with E-state index in [0.29, 0.717) is 12.1 Å². The summed E-state index contributed by atoms with van der Waals surface area (Å²) in [5.41, 5.74) is 3.50. The molecule has 0 radical (unpaired) electrons. The number of amides is 3. The van der Waals surface area contributed by atoms with Gasteiger partial charge >= 0.3 is 0 Å². The van der Waals surface area contributed by atoms with Gasteiger partial charge in [-0.2, -0.15) is 0 Å². The van der Waals surface area contributed by atoms with E-state index in [1.807, 2.05) is 56.6 Å². The molecule has 4 rings (SSSR count). The lowest BCUT2D eigenvalue weighted by atomic mass is 10.0. The molecule has 2 aliphatic rings. The predicted octanol–water partition coefficient (Wildman–Crippen LogP) is 1.84. The van der Waals surface area contributed by atoms with Gasteiger partial charge in [0.15, 0.2) is 0 Å². The Morgan fingerprint density at radius 2 is 1.68 bits per heavy atom. The van der Waals surface area contributed by atoms with E-state index >= 15 is 0 Å². The van der Waals surface area contributed by atoms with Gasteiger partial charge in [0.25, 0.3) is 5.91 Å². The summed E-state index contributed by atoms with van der Waals surface area (Å²) in [6.45, 7) is 1.14. The monoisotopic (exact) mass is 420 g/mol. The van der Waals surface area contributed by atoms with Crippen molar-refractivity contribution in [3.63, 3.8) is 0 Å². The molecule has 1 aliphatic heterocycles. The van der Waals surface area contributed by atoms with E-state index in [1.165, 1.54) is 5.56 Å². The number of benzene rings is 2. The number of hydrogen-bond acceptors (Lipinski definition) is 4. The van der Waals surface area contributed by atoms with Gasteiger partial charge in [0, 0.05) is 24.7 Å². The predicted molar refractivity (Wildman–Crippen MR) is 117 cm³/mol. The van der Waals surface area contributed by atoms with Crippen LogP contribution in [0.4, 0.5) is 0 Å². The maximum Gasteiger partial charge on any atom is 0.255 e. The van der Waals surface area contributed by atoms with E-state index in [2.05, 4.69) is 15.5 Å². The third kappa shape index (κ3) is 4.77. The Morgan fingerprint density at radius 1 is 1.00 bits per heavy atom. The minimum atomic E-state index is -0.659. The van der Waals surface area contributed by atoms with Crippen LogP contribution < -0.4 is 10.6 Å². The van der Waals surface area contributed by atoms with Crippen LogP contribution in [0.1, 0.15) is 45.9 Å². The zero-order valence-electron chi connectivity index (χ0n) is 17.9. The molecule has 1 fully saturated rings. The molecule has 0 spiro atoms. The standard InChI is InChI=1S/C24H28N4O3/c1-27(2)15-17-9-7-16(8-10-17)13-25-21(29)14-26-23(30)22-19-5-3-4-6-20(19)24(31)28(22)18-11-12-18/h3-10,18,22H,11-15H2,1-2H3,(H,25,29)(H,26,30). The van der Waals surface area contributed by atoms with E-state index in [0.717, 1.165) is 30.5 Å². The van der Waals surface area contributed by atoms with Crippen molar-refractivity contribution >= 4 is 17.7 Å². The van der Waals surface area contributed by atoms with Crippen LogP contribution in [0.3, 0.4) is 0 Å². The van der Waals surface area contributed by atoms with Crippen LogP contribution in [0, 0.1) is 0 Å². The SMILES string of the molecule is CN(C)Cc1ccc(CNC(=O)CNC(=O)C2c3ccccc3C(=O)N2C2CC2)cc1. The van der Waals surface area contributed by atoms with Crippen molar-refractivity contribution in [3.05, 3.63) is 70.8 Å². The first kappa shape index (κ1) is 21.1. The van der Waals surface area contributed by atoms with Crippen molar-refractivity contribution in [1.29, 1.82) is 0 Å². The molecule has 2 aromatic carbocycles. The Morgan fingerprint density at radius 3 is 2.35 bits per heavy atom. The number of hydrogen-bond donors (Lipinski definition) is 2. The number of carbonyl (C=O) groups is 3. The smallest absolute Gasteiger partial charge is 0.255 e. The largest absolute Gasteiger partial charge is 0.350 e. The average molecular weight is 421 g/mol. The van der Waals surface area contributed by atoms with Gasteiger partial charge < -0.3 is 20.4 Å². The third-order valence-corrected chi connectivity index (χ3v) is 5.62. The summed E-state index contributed by atoms with van der Waals surface area (Å²) in [7, 11) is 4.04. The van der Waals surface area contributed by atoms with Gasteiger partial charge in [-0.15, -0.1) is 0 Å². The molecule has 1 saturated carbocycles. The van der Waals surface area contributed by atoms with Gasteiger partial charge in [-0.05, 0) is 49.7 Å². The maximum absolute atomic E-state index is 12.9. The van der Waals surface area contributed by atoms with E-state index in [1.54, 1.807) is 11.0 Å². The van der Waals surface area contributed by atoms with Crippen LogP contribution in [0.25, 0.3) is 0 Å².